The Labute approximate surface area is 115 Å². The van der Waals surface area contributed by atoms with Crippen LogP contribution in [0.5, 0.6) is 5.75 Å². The van der Waals surface area contributed by atoms with Crippen molar-refractivity contribution in [2.24, 2.45) is 0 Å². The second kappa shape index (κ2) is 5.87. The van der Waals surface area contributed by atoms with Crippen LogP contribution in [-0.4, -0.2) is 12.1 Å². The molecule has 1 aromatic carbocycles. The molecule has 1 aromatic heterocycles. The highest BCUT2D eigenvalue weighted by Gasteiger charge is 2.09. The molecule has 0 bridgehead atoms. The maximum absolute atomic E-state index is 5.33. The Balaban J connectivity index is 2.21. The molecule has 0 aliphatic carbocycles. The van der Waals surface area contributed by atoms with E-state index in [0.717, 1.165) is 21.6 Å². The number of ether oxygens (including phenoxy) is 1. The third-order valence-corrected chi connectivity index (χ3v) is 3.16. The summed E-state index contributed by atoms with van der Waals surface area (Å²) in [5, 5.41) is 3.40. The average molecular weight is 307 g/mol. The molecule has 0 radical (unpaired) electrons. The zero-order valence-corrected chi connectivity index (χ0v) is 11.9. The number of methoxy groups -OCH3 is 1. The van der Waals surface area contributed by atoms with E-state index < -0.39 is 0 Å². The van der Waals surface area contributed by atoms with Crippen LogP contribution in [0.3, 0.4) is 0 Å². The van der Waals surface area contributed by atoms with Gasteiger partial charge in [0.15, 0.2) is 0 Å². The first-order valence-corrected chi connectivity index (χ1v) is 6.51. The summed E-state index contributed by atoms with van der Waals surface area (Å²) >= 11 is 3.46. The van der Waals surface area contributed by atoms with Crippen molar-refractivity contribution in [1.82, 2.24) is 4.98 Å². The van der Waals surface area contributed by atoms with E-state index in [9.17, 15) is 0 Å². The molecule has 0 spiro atoms. The minimum Gasteiger partial charge on any atom is -0.495 e. The van der Waals surface area contributed by atoms with Crippen LogP contribution in [0.1, 0.15) is 18.7 Å². The van der Waals surface area contributed by atoms with Gasteiger partial charge in [0, 0.05) is 10.7 Å². The van der Waals surface area contributed by atoms with Crippen molar-refractivity contribution < 1.29 is 4.74 Å². The van der Waals surface area contributed by atoms with Gasteiger partial charge in [0.1, 0.15) is 5.75 Å². The molecule has 0 aliphatic rings. The molecule has 0 aliphatic heterocycles. The number of hydrogen-bond acceptors (Lipinski definition) is 3. The van der Waals surface area contributed by atoms with Crippen molar-refractivity contribution in [3.63, 3.8) is 0 Å². The SMILES string of the molecule is COc1ccc(Br)cc1NC(C)c1ccccn1. The van der Waals surface area contributed by atoms with Gasteiger partial charge in [-0.25, -0.2) is 0 Å². The lowest BCUT2D eigenvalue weighted by atomic mass is 10.2. The summed E-state index contributed by atoms with van der Waals surface area (Å²) in [7, 11) is 1.67. The fourth-order valence-electron chi connectivity index (χ4n) is 1.73. The number of aromatic nitrogens is 1. The largest absolute Gasteiger partial charge is 0.495 e. The molecule has 1 heterocycles. The summed E-state index contributed by atoms with van der Waals surface area (Å²) in [6.45, 7) is 2.07. The topological polar surface area (TPSA) is 34.1 Å². The van der Waals surface area contributed by atoms with Crippen LogP contribution in [0.15, 0.2) is 47.1 Å². The van der Waals surface area contributed by atoms with Crippen molar-refractivity contribution in [3.8, 4) is 5.75 Å². The minimum absolute atomic E-state index is 0.120. The quantitative estimate of drug-likeness (QED) is 0.926. The summed E-state index contributed by atoms with van der Waals surface area (Å²) in [4.78, 5) is 4.34. The normalized spacial score (nSPS) is 11.9. The number of benzene rings is 1. The minimum atomic E-state index is 0.120. The molecule has 2 rings (SSSR count). The molecule has 4 heteroatoms. The Bertz CT molecular complexity index is 516. The molecule has 1 unspecified atom stereocenters. The van der Waals surface area contributed by atoms with Gasteiger partial charge in [-0.15, -0.1) is 0 Å². The highest BCUT2D eigenvalue weighted by atomic mass is 79.9. The first kappa shape index (κ1) is 12.9. The maximum Gasteiger partial charge on any atom is 0.142 e. The molecular formula is C14H15BrN2O. The van der Waals surface area contributed by atoms with Gasteiger partial charge in [-0.3, -0.25) is 4.98 Å². The molecule has 1 atom stereocenters. The zero-order valence-electron chi connectivity index (χ0n) is 10.4. The average Bonchev–Trinajstić information content (AvgIpc) is 2.40. The predicted octanol–water partition coefficient (Wildman–Crippen LogP) is 4.03. The second-order valence-corrected chi connectivity index (χ2v) is 4.88. The highest BCUT2D eigenvalue weighted by molar-refractivity contribution is 9.10. The lowest BCUT2D eigenvalue weighted by molar-refractivity contribution is 0.416. The molecule has 0 saturated carbocycles. The van der Waals surface area contributed by atoms with Gasteiger partial charge >= 0.3 is 0 Å². The predicted molar refractivity (Wildman–Crippen MR) is 77.0 cm³/mol. The Morgan fingerprint density at radius 3 is 2.78 bits per heavy atom. The molecule has 18 heavy (non-hydrogen) atoms. The summed E-state index contributed by atoms with van der Waals surface area (Å²) in [6, 6.07) is 11.9. The summed E-state index contributed by atoms with van der Waals surface area (Å²) < 4.78 is 6.35. The van der Waals surface area contributed by atoms with Crippen LogP contribution >= 0.6 is 15.9 Å². The number of nitrogens with one attached hydrogen (secondary N) is 1. The molecule has 2 aromatic rings. The molecule has 94 valence electrons. The first-order chi connectivity index (χ1) is 8.70. The van der Waals surface area contributed by atoms with Crippen molar-refractivity contribution in [2.75, 3.05) is 12.4 Å². The van der Waals surface area contributed by atoms with Crippen LogP contribution < -0.4 is 10.1 Å². The lowest BCUT2D eigenvalue weighted by Gasteiger charge is -2.17. The molecule has 0 fully saturated rings. The monoisotopic (exact) mass is 306 g/mol. The van der Waals surface area contributed by atoms with E-state index >= 15 is 0 Å². The van der Waals surface area contributed by atoms with Gasteiger partial charge in [-0.1, -0.05) is 22.0 Å². The van der Waals surface area contributed by atoms with Crippen LogP contribution in [0, 0.1) is 0 Å². The van der Waals surface area contributed by atoms with E-state index in [2.05, 4.69) is 33.2 Å². The van der Waals surface area contributed by atoms with Crippen molar-refractivity contribution in [3.05, 3.63) is 52.8 Å². The lowest BCUT2D eigenvalue weighted by Crippen LogP contribution is -2.09. The molecule has 0 amide bonds. The van der Waals surface area contributed by atoms with Gasteiger partial charge in [0.05, 0.1) is 24.5 Å². The standard InChI is InChI=1S/C14H15BrN2O/c1-10(12-5-3-4-8-16-12)17-13-9-11(15)6-7-14(13)18-2/h3-10,17H,1-2H3. The number of halogens is 1. The van der Waals surface area contributed by atoms with E-state index in [0.29, 0.717) is 0 Å². The Hall–Kier alpha value is -1.55. The first-order valence-electron chi connectivity index (χ1n) is 5.71. The van der Waals surface area contributed by atoms with Gasteiger partial charge in [0.2, 0.25) is 0 Å². The number of rotatable bonds is 4. The number of pyridine rings is 1. The number of nitrogens with zero attached hydrogens (tertiary/aromatic N) is 1. The van der Waals surface area contributed by atoms with Gasteiger partial charge in [-0.05, 0) is 37.3 Å². The van der Waals surface area contributed by atoms with E-state index in [4.69, 9.17) is 4.74 Å². The Morgan fingerprint density at radius 2 is 2.11 bits per heavy atom. The van der Waals surface area contributed by atoms with Crippen molar-refractivity contribution in [1.29, 1.82) is 0 Å². The van der Waals surface area contributed by atoms with Gasteiger partial charge in [0.25, 0.3) is 0 Å². The zero-order chi connectivity index (χ0) is 13.0. The highest BCUT2D eigenvalue weighted by Crippen LogP contribution is 2.30. The third-order valence-electron chi connectivity index (χ3n) is 2.66. The van der Waals surface area contributed by atoms with Crippen LogP contribution in [0.25, 0.3) is 0 Å². The molecule has 1 N–H and O–H groups in total. The summed E-state index contributed by atoms with van der Waals surface area (Å²) in [5.74, 6) is 0.820. The van der Waals surface area contributed by atoms with Gasteiger partial charge in [-0.2, -0.15) is 0 Å². The van der Waals surface area contributed by atoms with E-state index in [-0.39, 0.29) is 6.04 Å². The van der Waals surface area contributed by atoms with Crippen molar-refractivity contribution in [2.45, 2.75) is 13.0 Å². The molecular weight excluding hydrogens is 292 g/mol. The third kappa shape index (κ3) is 3.01. The van der Waals surface area contributed by atoms with E-state index in [1.54, 1.807) is 13.3 Å². The maximum atomic E-state index is 5.33. The number of hydrogen-bond donors (Lipinski definition) is 1. The summed E-state index contributed by atoms with van der Waals surface area (Å²) in [6.07, 6.45) is 1.80. The van der Waals surface area contributed by atoms with Crippen LogP contribution in [0.2, 0.25) is 0 Å². The number of anilines is 1. The second-order valence-electron chi connectivity index (χ2n) is 3.97. The Morgan fingerprint density at radius 1 is 1.28 bits per heavy atom. The van der Waals surface area contributed by atoms with Crippen LogP contribution in [-0.2, 0) is 0 Å². The fourth-order valence-corrected chi connectivity index (χ4v) is 2.09. The Kier molecular flexibility index (Phi) is 4.20. The fraction of sp³-hybridized carbons (Fsp3) is 0.214. The van der Waals surface area contributed by atoms with Crippen LogP contribution in [0.4, 0.5) is 5.69 Å². The molecule has 0 saturated heterocycles. The van der Waals surface area contributed by atoms with E-state index in [1.807, 2.05) is 36.4 Å². The van der Waals surface area contributed by atoms with Gasteiger partial charge < -0.3 is 10.1 Å². The van der Waals surface area contributed by atoms with E-state index in [1.165, 1.54) is 0 Å². The summed E-state index contributed by atoms with van der Waals surface area (Å²) in [5.41, 5.74) is 1.95. The smallest absolute Gasteiger partial charge is 0.142 e. The van der Waals surface area contributed by atoms with Crippen molar-refractivity contribution >= 4 is 21.6 Å². The molecule has 3 nitrogen and oxygen atoms in total.